The summed E-state index contributed by atoms with van der Waals surface area (Å²) in [5.41, 5.74) is 4.83. The molecule has 2 N–H and O–H groups in total. The van der Waals surface area contributed by atoms with Gasteiger partial charge in [0, 0.05) is 11.8 Å². The van der Waals surface area contributed by atoms with E-state index >= 15 is 0 Å². The van der Waals surface area contributed by atoms with Gasteiger partial charge in [-0.3, -0.25) is 0 Å². The number of carbonyl (C=O) groups is 1. The summed E-state index contributed by atoms with van der Waals surface area (Å²) >= 11 is 0. The third-order valence-electron chi connectivity index (χ3n) is 3.94. The van der Waals surface area contributed by atoms with E-state index in [1.54, 1.807) is 16.8 Å². The molecule has 25 heavy (non-hydrogen) atoms. The Morgan fingerprint density at radius 3 is 2.52 bits per heavy atom. The number of carboxylic acids is 1. The van der Waals surface area contributed by atoms with Gasteiger partial charge >= 0.3 is 5.97 Å². The van der Waals surface area contributed by atoms with Crippen molar-refractivity contribution in [2.45, 2.75) is 27.7 Å². The topological polar surface area (TPSA) is 80.0 Å². The minimum absolute atomic E-state index is 0.122. The Kier molecular flexibility index (Phi) is 4.27. The van der Waals surface area contributed by atoms with Crippen molar-refractivity contribution in [2.24, 2.45) is 0 Å². The van der Waals surface area contributed by atoms with Crippen LogP contribution in [0.4, 0.5) is 11.6 Å². The van der Waals surface area contributed by atoms with Crippen molar-refractivity contribution >= 4 is 17.6 Å². The Labute approximate surface area is 146 Å². The smallest absolute Gasteiger partial charge is 0.339 e. The van der Waals surface area contributed by atoms with Gasteiger partial charge < -0.3 is 10.4 Å². The summed E-state index contributed by atoms with van der Waals surface area (Å²) in [5, 5.41) is 17.1. The molecule has 1 aromatic carbocycles. The number of benzene rings is 1. The van der Waals surface area contributed by atoms with Gasteiger partial charge in [-0.15, -0.1) is 0 Å². The van der Waals surface area contributed by atoms with Crippen molar-refractivity contribution in [3.63, 3.8) is 0 Å². The Balaban J connectivity index is 2.10. The second-order valence-electron chi connectivity index (χ2n) is 6.15. The fraction of sp³-hybridized carbons (Fsp3) is 0.211. The number of aryl methyl sites for hydroxylation is 4. The Morgan fingerprint density at radius 1 is 1.04 bits per heavy atom. The van der Waals surface area contributed by atoms with Gasteiger partial charge in [0.25, 0.3) is 0 Å². The number of hydrogen-bond donors (Lipinski definition) is 2. The van der Waals surface area contributed by atoms with E-state index in [2.05, 4.69) is 21.5 Å². The standard InChI is InChI=1S/C19H20N4O2/c1-11-5-6-12(2)16(9-11)23-17(10-14(4)22-23)21-18-15(19(24)25)8-7-13(3)20-18/h5-10H,1-4H3,(H,20,21)(H,24,25). The van der Waals surface area contributed by atoms with E-state index in [4.69, 9.17) is 0 Å². The molecule has 3 aromatic rings. The normalized spacial score (nSPS) is 10.7. The highest BCUT2D eigenvalue weighted by Gasteiger charge is 2.16. The lowest BCUT2D eigenvalue weighted by Gasteiger charge is -2.13. The molecule has 0 aliphatic carbocycles. The van der Waals surface area contributed by atoms with Gasteiger partial charge in [-0.25, -0.2) is 14.5 Å². The van der Waals surface area contributed by atoms with Gasteiger partial charge in [-0.1, -0.05) is 12.1 Å². The highest BCUT2D eigenvalue weighted by Crippen LogP contribution is 2.25. The maximum absolute atomic E-state index is 11.5. The van der Waals surface area contributed by atoms with E-state index < -0.39 is 5.97 Å². The van der Waals surface area contributed by atoms with Crippen LogP contribution in [0.25, 0.3) is 5.69 Å². The number of pyridine rings is 1. The van der Waals surface area contributed by atoms with E-state index in [0.717, 1.165) is 28.2 Å². The first-order valence-corrected chi connectivity index (χ1v) is 7.97. The largest absolute Gasteiger partial charge is 0.478 e. The van der Waals surface area contributed by atoms with E-state index in [0.29, 0.717) is 11.6 Å². The summed E-state index contributed by atoms with van der Waals surface area (Å²) in [6.07, 6.45) is 0. The zero-order valence-corrected chi connectivity index (χ0v) is 14.7. The van der Waals surface area contributed by atoms with Crippen LogP contribution in [0.5, 0.6) is 0 Å². The minimum atomic E-state index is -1.02. The first kappa shape index (κ1) is 16.7. The molecule has 0 radical (unpaired) electrons. The second kappa shape index (κ2) is 6.39. The molecule has 0 atom stereocenters. The quantitative estimate of drug-likeness (QED) is 0.754. The summed E-state index contributed by atoms with van der Waals surface area (Å²) in [5.74, 6) is -0.0460. The van der Waals surface area contributed by atoms with Crippen LogP contribution in [-0.2, 0) is 0 Å². The van der Waals surface area contributed by atoms with Crippen LogP contribution in [-0.4, -0.2) is 25.8 Å². The van der Waals surface area contributed by atoms with Crippen molar-refractivity contribution in [2.75, 3.05) is 5.32 Å². The Hall–Kier alpha value is -3.15. The maximum atomic E-state index is 11.5. The SMILES string of the molecule is Cc1ccc(C)c(-n2nc(C)cc2Nc2nc(C)ccc2C(=O)O)c1. The number of nitrogens with one attached hydrogen (secondary N) is 1. The first-order chi connectivity index (χ1) is 11.8. The van der Waals surface area contributed by atoms with Gasteiger partial charge in [0.05, 0.1) is 11.4 Å². The first-order valence-electron chi connectivity index (χ1n) is 7.97. The summed E-state index contributed by atoms with van der Waals surface area (Å²) in [4.78, 5) is 15.8. The van der Waals surface area contributed by atoms with E-state index in [1.807, 2.05) is 45.9 Å². The summed E-state index contributed by atoms with van der Waals surface area (Å²) in [7, 11) is 0. The molecular formula is C19H20N4O2. The van der Waals surface area contributed by atoms with Crippen molar-refractivity contribution in [1.82, 2.24) is 14.8 Å². The van der Waals surface area contributed by atoms with Gasteiger partial charge in [-0.05, 0) is 57.0 Å². The molecule has 6 heteroatoms. The zero-order chi connectivity index (χ0) is 18.1. The highest BCUT2D eigenvalue weighted by molar-refractivity contribution is 5.93. The van der Waals surface area contributed by atoms with Crippen LogP contribution in [0.1, 0.15) is 32.9 Å². The Morgan fingerprint density at radius 2 is 1.80 bits per heavy atom. The molecule has 0 unspecified atom stereocenters. The summed E-state index contributed by atoms with van der Waals surface area (Å²) < 4.78 is 1.79. The molecule has 2 aromatic heterocycles. The molecular weight excluding hydrogens is 316 g/mol. The molecule has 0 amide bonds. The van der Waals surface area contributed by atoms with Crippen LogP contribution in [0.3, 0.4) is 0 Å². The van der Waals surface area contributed by atoms with Crippen molar-refractivity contribution in [3.8, 4) is 5.69 Å². The number of rotatable bonds is 4. The lowest BCUT2D eigenvalue weighted by Crippen LogP contribution is -2.09. The maximum Gasteiger partial charge on any atom is 0.339 e. The van der Waals surface area contributed by atoms with Crippen LogP contribution in [0.2, 0.25) is 0 Å². The van der Waals surface area contributed by atoms with Gasteiger partial charge in [0.1, 0.15) is 17.2 Å². The molecule has 0 saturated carbocycles. The van der Waals surface area contributed by atoms with E-state index in [1.165, 1.54) is 0 Å². The second-order valence-corrected chi connectivity index (χ2v) is 6.15. The minimum Gasteiger partial charge on any atom is -0.478 e. The van der Waals surface area contributed by atoms with Crippen LogP contribution < -0.4 is 5.32 Å². The number of carboxylic acid groups (broad SMARTS) is 1. The molecule has 0 spiro atoms. The summed E-state index contributed by atoms with van der Waals surface area (Å²) in [6.45, 7) is 7.76. The molecule has 2 heterocycles. The molecule has 0 saturated heterocycles. The van der Waals surface area contributed by atoms with Gasteiger partial charge in [0.15, 0.2) is 0 Å². The third kappa shape index (κ3) is 3.38. The number of hydrogen-bond acceptors (Lipinski definition) is 4. The molecule has 0 aliphatic rings. The van der Waals surface area contributed by atoms with E-state index in [-0.39, 0.29) is 5.56 Å². The molecule has 0 aliphatic heterocycles. The molecule has 6 nitrogen and oxygen atoms in total. The fourth-order valence-electron chi connectivity index (χ4n) is 2.67. The average molecular weight is 336 g/mol. The highest BCUT2D eigenvalue weighted by atomic mass is 16.4. The molecule has 3 rings (SSSR count). The fourth-order valence-corrected chi connectivity index (χ4v) is 2.67. The van der Waals surface area contributed by atoms with Crippen LogP contribution in [0.15, 0.2) is 36.4 Å². The third-order valence-corrected chi connectivity index (χ3v) is 3.94. The van der Waals surface area contributed by atoms with Gasteiger partial charge in [0.2, 0.25) is 0 Å². The average Bonchev–Trinajstić information content (AvgIpc) is 2.90. The predicted molar refractivity (Wildman–Crippen MR) is 97.0 cm³/mol. The monoisotopic (exact) mass is 336 g/mol. The van der Waals surface area contributed by atoms with Crippen LogP contribution >= 0.6 is 0 Å². The predicted octanol–water partition coefficient (Wildman–Crippen LogP) is 3.94. The Bertz CT molecular complexity index is 960. The number of nitrogens with zero attached hydrogens (tertiary/aromatic N) is 3. The molecule has 0 fully saturated rings. The number of anilines is 2. The zero-order valence-electron chi connectivity index (χ0n) is 14.7. The van der Waals surface area contributed by atoms with Crippen molar-refractivity contribution < 1.29 is 9.90 Å². The van der Waals surface area contributed by atoms with E-state index in [9.17, 15) is 9.90 Å². The molecule has 128 valence electrons. The van der Waals surface area contributed by atoms with Crippen molar-refractivity contribution in [1.29, 1.82) is 0 Å². The summed E-state index contributed by atoms with van der Waals surface area (Å²) in [6, 6.07) is 11.2. The number of aromatic nitrogens is 3. The lowest BCUT2D eigenvalue weighted by molar-refractivity contribution is 0.0697. The van der Waals surface area contributed by atoms with Crippen LogP contribution in [0, 0.1) is 27.7 Å². The van der Waals surface area contributed by atoms with Crippen molar-refractivity contribution in [3.05, 3.63) is 64.5 Å². The lowest BCUT2D eigenvalue weighted by atomic mass is 10.1. The molecule has 0 bridgehead atoms. The van der Waals surface area contributed by atoms with Gasteiger partial charge in [-0.2, -0.15) is 5.10 Å². The number of aromatic carboxylic acids is 1.